The number of ether oxygens (including phenoxy) is 4. The second-order valence-corrected chi connectivity index (χ2v) is 10.5. The SMILES string of the molecule is O=C(NC1CC(NF)C(OC2OC(CNF)CCC2NF)C(O)C1OC1OC(CO)C(O)C(NF)C1O)C(O)CCNF. The smallest absolute Gasteiger partial charge is 0.249 e. The molecule has 3 rings (SSSR count). The quantitative estimate of drug-likeness (QED) is 0.0608. The lowest BCUT2D eigenvalue weighted by Crippen LogP contribution is -2.69. The molecule has 43 heavy (non-hydrogen) atoms. The molecule has 11 N–H and O–H groups in total. The molecule has 3 aliphatic rings. The fourth-order valence-corrected chi connectivity index (χ4v) is 5.37. The summed E-state index contributed by atoms with van der Waals surface area (Å²) in [6, 6.07) is -5.69. The molecule has 1 aliphatic carbocycles. The predicted molar refractivity (Wildman–Crippen MR) is 131 cm³/mol. The molecule has 3 fully saturated rings. The first-order chi connectivity index (χ1) is 20.6. The number of hydrogen-bond acceptors (Lipinski definition) is 15. The first-order valence-corrected chi connectivity index (χ1v) is 13.6. The van der Waals surface area contributed by atoms with Crippen LogP contribution >= 0.6 is 0 Å². The molecule has 2 heterocycles. The van der Waals surface area contributed by atoms with Crippen molar-refractivity contribution in [2.45, 2.75) is 111 Å². The minimum absolute atomic E-state index is 0.0961. The van der Waals surface area contributed by atoms with E-state index in [1.165, 1.54) is 27.7 Å². The van der Waals surface area contributed by atoms with Crippen LogP contribution in [-0.4, -0.2) is 137 Å². The molecule has 0 radical (unpaired) electrons. The van der Waals surface area contributed by atoms with E-state index in [-0.39, 0.29) is 25.8 Å². The fourth-order valence-electron chi connectivity index (χ4n) is 5.37. The van der Waals surface area contributed by atoms with Crippen LogP contribution in [0.1, 0.15) is 25.7 Å². The lowest BCUT2D eigenvalue weighted by molar-refractivity contribution is -0.320. The van der Waals surface area contributed by atoms with Crippen molar-refractivity contribution in [3.63, 3.8) is 0 Å². The Labute approximate surface area is 242 Å². The van der Waals surface area contributed by atoms with Crippen molar-refractivity contribution in [3.8, 4) is 0 Å². The molecule has 1 saturated carbocycles. The van der Waals surface area contributed by atoms with Gasteiger partial charge in [0.25, 0.3) is 0 Å². The minimum atomic E-state index is -1.96. The number of aliphatic hydroxyl groups excluding tert-OH is 5. The molecule has 0 aromatic heterocycles. The van der Waals surface area contributed by atoms with Crippen molar-refractivity contribution in [3.05, 3.63) is 0 Å². The molecule has 2 saturated heterocycles. The Kier molecular flexibility index (Phi) is 14.5. The summed E-state index contributed by atoms with van der Waals surface area (Å²) in [7, 11) is 0. The summed E-state index contributed by atoms with van der Waals surface area (Å²) < 4.78 is 88.5. The summed E-state index contributed by atoms with van der Waals surface area (Å²) in [5.74, 6) is -1.08. The molecule has 16 nitrogen and oxygen atoms in total. The van der Waals surface area contributed by atoms with Crippen molar-refractivity contribution >= 4 is 5.91 Å². The molecule has 14 atom stereocenters. The highest BCUT2D eigenvalue weighted by Crippen LogP contribution is 2.33. The maximum Gasteiger partial charge on any atom is 0.249 e. The second-order valence-electron chi connectivity index (χ2n) is 10.5. The Bertz CT molecular complexity index is 854. The van der Waals surface area contributed by atoms with Crippen LogP contribution in [0.25, 0.3) is 0 Å². The van der Waals surface area contributed by atoms with E-state index in [1.54, 1.807) is 0 Å². The van der Waals surface area contributed by atoms with Gasteiger partial charge in [0.05, 0.1) is 43.4 Å². The highest BCUT2D eigenvalue weighted by molar-refractivity contribution is 5.80. The third-order valence-electron chi connectivity index (χ3n) is 7.75. The van der Waals surface area contributed by atoms with E-state index in [0.717, 1.165) is 0 Å². The number of hydrogen-bond donors (Lipinski definition) is 11. The summed E-state index contributed by atoms with van der Waals surface area (Å²) in [5.41, 5.74) is 6.76. The second kappa shape index (κ2) is 17.3. The minimum Gasteiger partial charge on any atom is -0.394 e. The molecular formula is C22H39F5N6O10. The molecular weight excluding hydrogens is 603 g/mol. The van der Waals surface area contributed by atoms with Crippen LogP contribution in [0.2, 0.25) is 0 Å². The predicted octanol–water partition coefficient (Wildman–Crippen LogP) is -3.82. The van der Waals surface area contributed by atoms with Gasteiger partial charge in [-0.15, -0.1) is 22.4 Å². The van der Waals surface area contributed by atoms with Crippen LogP contribution in [0.15, 0.2) is 0 Å². The Morgan fingerprint density at radius 2 is 1.51 bits per heavy atom. The van der Waals surface area contributed by atoms with Gasteiger partial charge < -0.3 is 49.8 Å². The van der Waals surface area contributed by atoms with Gasteiger partial charge in [0.2, 0.25) is 5.91 Å². The Morgan fingerprint density at radius 1 is 0.837 bits per heavy atom. The lowest BCUT2D eigenvalue weighted by Gasteiger charge is -2.48. The van der Waals surface area contributed by atoms with Gasteiger partial charge in [-0.3, -0.25) is 4.79 Å². The van der Waals surface area contributed by atoms with Gasteiger partial charge in [0, 0.05) is 6.54 Å². The number of halogens is 5. The number of carbonyl (C=O) groups is 1. The van der Waals surface area contributed by atoms with Crippen LogP contribution in [0, 0.1) is 0 Å². The zero-order valence-corrected chi connectivity index (χ0v) is 22.7. The Balaban J connectivity index is 1.88. The number of amides is 1. The van der Waals surface area contributed by atoms with Gasteiger partial charge >= 0.3 is 0 Å². The van der Waals surface area contributed by atoms with Gasteiger partial charge in [-0.05, 0) is 25.7 Å². The maximum atomic E-state index is 14.1. The van der Waals surface area contributed by atoms with Crippen LogP contribution in [-0.2, 0) is 23.7 Å². The van der Waals surface area contributed by atoms with E-state index in [4.69, 9.17) is 18.9 Å². The van der Waals surface area contributed by atoms with Gasteiger partial charge in [-0.2, -0.15) is 27.7 Å². The summed E-state index contributed by atoms with van der Waals surface area (Å²) in [6.07, 6.45) is -16.9. The van der Waals surface area contributed by atoms with Gasteiger partial charge in [-0.1, -0.05) is 0 Å². The van der Waals surface area contributed by atoms with E-state index in [0.29, 0.717) is 0 Å². The number of rotatable bonds is 15. The van der Waals surface area contributed by atoms with Crippen molar-refractivity contribution in [2.24, 2.45) is 0 Å². The molecule has 0 aromatic carbocycles. The van der Waals surface area contributed by atoms with Crippen molar-refractivity contribution in [1.29, 1.82) is 0 Å². The van der Waals surface area contributed by atoms with Gasteiger partial charge in [0.1, 0.15) is 42.7 Å². The molecule has 252 valence electrons. The molecule has 0 spiro atoms. The van der Waals surface area contributed by atoms with Gasteiger partial charge in [-0.25, -0.2) is 0 Å². The molecule has 0 bridgehead atoms. The monoisotopic (exact) mass is 642 g/mol. The standard InChI is InChI=1S/C22H39F5N6O10/c23-28-4-3-12(35)20(39)30-10-5-11(32-26)19(42-21-9(31-25)2-1-8(40-21)6-29-24)17(38)18(10)43-22-16(37)14(33-27)15(36)13(7-34)41-22/h8-19,21-22,28-29,31-38H,1-7H2,(H,30,39). The van der Waals surface area contributed by atoms with Crippen molar-refractivity contribution in [1.82, 2.24) is 33.0 Å². The van der Waals surface area contributed by atoms with Gasteiger partial charge in [0.15, 0.2) is 12.6 Å². The van der Waals surface area contributed by atoms with Crippen LogP contribution in [0.3, 0.4) is 0 Å². The topological polar surface area (TPSA) is 227 Å². The van der Waals surface area contributed by atoms with Crippen molar-refractivity contribution < 1.29 is 71.7 Å². The van der Waals surface area contributed by atoms with Crippen LogP contribution < -0.4 is 33.0 Å². The van der Waals surface area contributed by atoms with E-state index in [2.05, 4.69) is 5.32 Å². The van der Waals surface area contributed by atoms with Crippen molar-refractivity contribution in [2.75, 3.05) is 19.7 Å². The first kappa shape index (κ1) is 36.0. The van der Waals surface area contributed by atoms with E-state index in [1.807, 2.05) is 0 Å². The average molecular weight is 643 g/mol. The fraction of sp³-hybridized carbons (Fsp3) is 0.955. The zero-order valence-electron chi connectivity index (χ0n) is 22.7. The summed E-state index contributed by atoms with van der Waals surface area (Å²) in [4.78, 5) is 12.6. The normalized spacial score (nSPS) is 41.1. The number of nitrogens with one attached hydrogen (secondary N) is 6. The molecule has 21 heteroatoms. The first-order valence-electron chi connectivity index (χ1n) is 13.6. The highest BCUT2D eigenvalue weighted by Gasteiger charge is 2.52. The van der Waals surface area contributed by atoms with E-state index >= 15 is 0 Å². The number of carbonyl (C=O) groups excluding carboxylic acids is 1. The van der Waals surface area contributed by atoms with Crippen LogP contribution in [0.4, 0.5) is 22.4 Å². The average Bonchev–Trinajstić information content (AvgIpc) is 3.00. The molecule has 2 aliphatic heterocycles. The zero-order chi connectivity index (χ0) is 31.7. The lowest BCUT2D eigenvalue weighted by atomic mass is 9.83. The summed E-state index contributed by atoms with van der Waals surface area (Å²) >= 11 is 0. The third-order valence-corrected chi connectivity index (χ3v) is 7.75. The summed E-state index contributed by atoms with van der Waals surface area (Å²) in [5, 5.41) is 54.1. The highest BCUT2D eigenvalue weighted by atomic mass is 19.2. The van der Waals surface area contributed by atoms with E-state index in [9.17, 15) is 52.7 Å². The Hall–Kier alpha value is -1.44. The third kappa shape index (κ3) is 8.85. The molecule has 14 unspecified atom stereocenters. The Morgan fingerprint density at radius 3 is 2.12 bits per heavy atom. The van der Waals surface area contributed by atoms with E-state index < -0.39 is 111 Å². The summed E-state index contributed by atoms with van der Waals surface area (Å²) in [6.45, 7) is -1.53. The molecule has 0 aromatic rings. The van der Waals surface area contributed by atoms with Crippen LogP contribution in [0.5, 0.6) is 0 Å². The largest absolute Gasteiger partial charge is 0.394 e. The number of aliphatic hydroxyl groups is 5. The molecule has 1 amide bonds. The maximum absolute atomic E-state index is 14.1.